The van der Waals surface area contributed by atoms with Crippen LogP contribution in [0.3, 0.4) is 0 Å². The summed E-state index contributed by atoms with van der Waals surface area (Å²) in [6.07, 6.45) is 0. The molecule has 58 valence electrons. The van der Waals surface area contributed by atoms with Crippen LogP contribution in [0.25, 0.3) is 0 Å². The van der Waals surface area contributed by atoms with Crippen LogP contribution in [0.1, 0.15) is 0 Å². The topological polar surface area (TPSA) is 83.5 Å². The second-order valence-electron chi connectivity index (χ2n) is 0.623. The van der Waals surface area contributed by atoms with Gasteiger partial charge in [0.15, 0.2) is 0 Å². The van der Waals surface area contributed by atoms with E-state index in [1.807, 2.05) is 0 Å². The van der Waals surface area contributed by atoms with E-state index in [4.69, 9.17) is 31.9 Å². The maximum atomic E-state index is 4.90. The number of halogens is 2. The molecule has 0 aliphatic rings. The summed E-state index contributed by atoms with van der Waals surface area (Å²) < 4.78 is 0. The summed E-state index contributed by atoms with van der Waals surface area (Å²) in [5.41, 5.74) is 9.81. The van der Waals surface area contributed by atoms with Crippen LogP contribution >= 0.6 is 20.4 Å². The van der Waals surface area contributed by atoms with E-state index in [0.29, 0.717) is 25.7 Å². The van der Waals surface area contributed by atoms with Gasteiger partial charge in [-0.3, -0.25) is 0 Å². The Morgan fingerprint density at radius 1 is 1.12 bits per heavy atom. The number of nitrogens with two attached hydrogens (primary N) is 2. The van der Waals surface area contributed by atoms with Crippen LogP contribution in [0, 0.1) is 0 Å². The van der Waals surface area contributed by atoms with Crippen LogP contribution in [-0.2, 0) is 12.7 Å². The SMILES string of the molecule is NCCN.O.[Cl][Ni][Cl]. The van der Waals surface area contributed by atoms with Crippen molar-refractivity contribution < 1.29 is 18.1 Å². The van der Waals surface area contributed by atoms with E-state index in [0.717, 1.165) is 0 Å². The molecule has 0 radical (unpaired) electrons. The molecule has 0 aromatic heterocycles. The first-order valence-electron chi connectivity index (χ1n) is 1.56. The van der Waals surface area contributed by atoms with Gasteiger partial charge in [0.05, 0.1) is 0 Å². The normalized spacial score (nSPS) is 6.50. The molecule has 0 saturated heterocycles. The minimum absolute atomic E-state index is 0. The molecule has 0 aliphatic carbocycles. The monoisotopic (exact) mass is 206 g/mol. The molecule has 3 nitrogen and oxygen atoms in total. The van der Waals surface area contributed by atoms with Crippen molar-refractivity contribution in [3.63, 3.8) is 0 Å². The van der Waals surface area contributed by atoms with E-state index in [1.54, 1.807) is 0 Å². The summed E-state index contributed by atoms with van der Waals surface area (Å²) in [6.45, 7) is 1.19. The second-order valence-corrected chi connectivity index (χ2v) is 2.25. The van der Waals surface area contributed by atoms with Crippen molar-refractivity contribution >= 4 is 20.4 Å². The summed E-state index contributed by atoms with van der Waals surface area (Å²) in [6, 6.07) is 0. The van der Waals surface area contributed by atoms with Crippen molar-refractivity contribution in [2.75, 3.05) is 13.1 Å². The Balaban J connectivity index is -0.0000000575. The van der Waals surface area contributed by atoms with Crippen LogP contribution in [0.2, 0.25) is 0 Å². The molecule has 0 bridgehead atoms. The van der Waals surface area contributed by atoms with Crippen molar-refractivity contribution in [3.05, 3.63) is 0 Å². The fraction of sp³-hybridized carbons (Fsp3) is 1.00. The van der Waals surface area contributed by atoms with Gasteiger partial charge in [-0.2, -0.15) is 0 Å². The summed E-state index contributed by atoms with van der Waals surface area (Å²) in [5, 5.41) is 0. The van der Waals surface area contributed by atoms with Gasteiger partial charge >= 0.3 is 33.0 Å². The third kappa shape index (κ3) is 64.6. The van der Waals surface area contributed by atoms with Gasteiger partial charge in [-0.25, -0.2) is 0 Å². The zero-order chi connectivity index (χ0) is 6.12. The first-order valence-corrected chi connectivity index (χ1v) is 4.27. The third-order valence-corrected chi connectivity index (χ3v) is 0.167. The summed E-state index contributed by atoms with van der Waals surface area (Å²) in [5.74, 6) is 0. The molecule has 0 spiro atoms. The molecule has 0 saturated carbocycles. The van der Waals surface area contributed by atoms with Gasteiger partial charge in [-0.1, -0.05) is 0 Å². The Morgan fingerprint density at radius 2 is 1.25 bits per heavy atom. The summed E-state index contributed by atoms with van der Waals surface area (Å²) in [4.78, 5) is 0. The first kappa shape index (κ1) is 16.0. The van der Waals surface area contributed by atoms with Crippen LogP contribution < -0.4 is 11.5 Å². The second kappa shape index (κ2) is 24.6. The quantitative estimate of drug-likeness (QED) is 0.566. The predicted octanol–water partition coefficient (Wildman–Crippen LogP) is -0.544. The van der Waals surface area contributed by atoms with Gasteiger partial charge in [0.2, 0.25) is 0 Å². The Hall–Kier alpha value is 0.954. The molecule has 0 aliphatic heterocycles. The van der Waals surface area contributed by atoms with Gasteiger partial charge in [-0.05, 0) is 0 Å². The van der Waals surface area contributed by atoms with Crippen molar-refractivity contribution in [2.45, 2.75) is 0 Å². The Morgan fingerprint density at radius 3 is 1.25 bits per heavy atom. The summed E-state index contributed by atoms with van der Waals surface area (Å²) in [7, 11) is 9.40. The zero-order valence-corrected chi connectivity index (χ0v) is 6.64. The molecule has 0 heterocycles. The van der Waals surface area contributed by atoms with E-state index in [-0.39, 0.29) is 5.48 Å². The molecule has 8 heavy (non-hydrogen) atoms. The van der Waals surface area contributed by atoms with E-state index in [9.17, 15) is 0 Å². The average Bonchev–Trinajstić information content (AvgIpc) is 1.69. The number of rotatable bonds is 1. The van der Waals surface area contributed by atoms with E-state index < -0.39 is 0 Å². The van der Waals surface area contributed by atoms with Gasteiger partial charge < -0.3 is 16.9 Å². The molecule has 0 fully saturated rings. The maximum absolute atomic E-state index is 4.90. The molecule has 6 heteroatoms. The molecule has 0 rings (SSSR count). The van der Waals surface area contributed by atoms with Crippen molar-refractivity contribution in [1.82, 2.24) is 0 Å². The molecule has 6 N–H and O–H groups in total. The van der Waals surface area contributed by atoms with Gasteiger partial charge in [-0.15, -0.1) is 0 Å². The minimum atomic E-state index is 0. The van der Waals surface area contributed by atoms with Gasteiger partial charge in [0, 0.05) is 13.1 Å². The standard InChI is InChI=1S/C2H8N2.2ClH.Ni.H2O/c3-1-2-4;;;;/h1-4H2;2*1H;;1H2/q;;;+2;/p-2. The van der Waals surface area contributed by atoms with E-state index >= 15 is 0 Å². The third-order valence-electron chi connectivity index (χ3n) is 0.167. The predicted molar refractivity (Wildman–Crippen MR) is 33.4 cm³/mol. The molecule has 0 atom stereocenters. The van der Waals surface area contributed by atoms with Gasteiger partial charge in [0.1, 0.15) is 0 Å². The fourth-order valence-corrected chi connectivity index (χ4v) is 0. The van der Waals surface area contributed by atoms with Crippen LogP contribution in [0.4, 0.5) is 0 Å². The molecule has 0 aromatic rings. The molecule has 0 aromatic carbocycles. The first-order chi connectivity index (χ1) is 3.33. The molecule has 0 unspecified atom stereocenters. The molecular formula is C2H10Cl2N2NiO. The van der Waals surface area contributed by atoms with Crippen LogP contribution in [0.5, 0.6) is 0 Å². The van der Waals surface area contributed by atoms with Crippen molar-refractivity contribution in [2.24, 2.45) is 11.5 Å². The van der Waals surface area contributed by atoms with Crippen molar-refractivity contribution in [1.29, 1.82) is 0 Å². The Bertz CT molecular complexity index is 25.5. The van der Waals surface area contributed by atoms with E-state index in [1.165, 1.54) is 0 Å². The van der Waals surface area contributed by atoms with Crippen LogP contribution in [0.15, 0.2) is 0 Å². The van der Waals surface area contributed by atoms with E-state index in [2.05, 4.69) is 0 Å². The zero-order valence-electron chi connectivity index (χ0n) is 4.14. The Labute approximate surface area is 63.4 Å². The van der Waals surface area contributed by atoms with Crippen molar-refractivity contribution in [3.8, 4) is 0 Å². The van der Waals surface area contributed by atoms with Gasteiger partial charge in [0.25, 0.3) is 0 Å². The number of hydrogen-bond acceptors (Lipinski definition) is 2. The average molecular weight is 208 g/mol. The molecular weight excluding hydrogens is 198 g/mol. The molecule has 0 amide bonds. The van der Waals surface area contributed by atoms with Crippen LogP contribution in [-0.4, -0.2) is 18.6 Å². The Kier molecular flexibility index (Phi) is 49.1. The number of hydrogen-bond donors (Lipinski definition) is 2. The fourth-order valence-electron chi connectivity index (χ4n) is 0. The summed E-state index contributed by atoms with van der Waals surface area (Å²) >= 11 is 0.569.